The van der Waals surface area contributed by atoms with E-state index in [9.17, 15) is 0 Å². The molecule has 0 amide bonds. The molecule has 3 heteroatoms. The third kappa shape index (κ3) is 3.28. The molecule has 1 fully saturated rings. The van der Waals surface area contributed by atoms with Crippen LogP contribution in [0, 0.1) is 0 Å². The SMILES string of the molecule is CC(N)C(c1ccccc1)N1CCSC(C)(C)C1. The van der Waals surface area contributed by atoms with Crippen molar-refractivity contribution in [3.8, 4) is 0 Å². The molecule has 0 spiro atoms. The quantitative estimate of drug-likeness (QED) is 0.910. The van der Waals surface area contributed by atoms with Crippen LogP contribution in [0.3, 0.4) is 0 Å². The molecule has 0 saturated carbocycles. The van der Waals surface area contributed by atoms with Crippen LogP contribution in [0.4, 0.5) is 0 Å². The van der Waals surface area contributed by atoms with Gasteiger partial charge in [-0.05, 0) is 26.3 Å². The van der Waals surface area contributed by atoms with Gasteiger partial charge < -0.3 is 5.73 Å². The summed E-state index contributed by atoms with van der Waals surface area (Å²) in [5.41, 5.74) is 7.58. The Morgan fingerprint density at radius 1 is 1.28 bits per heavy atom. The number of thioether (sulfide) groups is 1. The van der Waals surface area contributed by atoms with Crippen LogP contribution in [0.1, 0.15) is 32.4 Å². The first-order chi connectivity index (χ1) is 8.49. The van der Waals surface area contributed by atoms with Gasteiger partial charge in [0.15, 0.2) is 0 Å². The van der Waals surface area contributed by atoms with Gasteiger partial charge in [-0.2, -0.15) is 11.8 Å². The van der Waals surface area contributed by atoms with Crippen LogP contribution in [-0.4, -0.2) is 34.5 Å². The molecule has 0 aromatic heterocycles. The molecular formula is C15H24N2S. The first kappa shape index (κ1) is 13.9. The van der Waals surface area contributed by atoms with Crippen LogP contribution < -0.4 is 5.73 Å². The van der Waals surface area contributed by atoms with E-state index in [4.69, 9.17) is 5.73 Å². The molecule has 18 heavy (non-hydrogen) atoms. The summed E-state index contributed by atoms with van der Waals surface area (Å²) in [5.74, 6) is 1.20. The van der Waals surface area contributed by atoms with Crippen LogP contribution in [0.5, 0.6) is 0 Å². The Morgan fingerprint density at radius 3 is 2.50 bits per heavy atom. The molecular weight excluding hydrogens is 240 g/mol. The van der Waals surface area contributed by atoms with E-state index in [0.29, 0.717) is 10.8 Å². The predicted octanol–water partition coefficient (Wildman–Crippen LogP) is 2.90. The van der Waals surface area contributed by atoms with Crippen molar-refractivity contribution in [3.63, 3.8) is 0 Å². The summed E-state index contributed by atoms with van der Waals surface area (Å²) in [7, 11) is 0. The Morgan fingerprint density at radius 2 is 1.94 bits per heavy atom. The molecule has 2 nitrogen and oxygen atoms in total. The number of benzene rings is 1. The largest absolute Gasteiger partial charge is 0.326 e. The normalized spacial score (nSPS) is 23.6. The number of nitrogens with two attached hydrogens (primary N) is 1. The number of nitrogens with zero attached hydrogens (tertiary/aromatic N) is 1. The number of rotatable bonds is 3. The minimum atomic E-state index is 0.159. The number of hydrogen-bond donors (Lipinski definition) is 1. The molecule has 1 aromatic carbocycles. The van der Waals surface area contributed by atoms with Gasteiger partial charge in [0.25, 0.3) is 0 Å². The highest BCUT2D eigenvalue weighted by Crippen LogP contribution is 2.34. The summed E-state index contributed by atoms with van der Waals surface area (Å²) in [6, 6.07) is 11.2. The monoisotopic (exact) mass is 264 g/mol. The third-order valence-corrected chi connectivity index (χ3v) is 4.78. The Labute approximate surface area is 115 Å². The van der Waals surface area contributed by atoms with E-state index < -0.39 is 0 Å². The Hall–Kier alpha value is -0.510. The summed E-state index contributed by atoms with van der Waals surface area (Å²) >= 11 is 2.07. The van der Waals surface area contributed by atoms with Crippen molar-refractivity contribution >= 4 is 11.8 Å². The molecule has 100 valence electrons. The average Bonchev–Trinajstić information content (AvgIpc) is 2.28. The lowest BCUT2D eigenvalue weighted by atomic mass is 9.98. The molecule has 1 aliphatic heterocycles. The number of hydrogen-bond acceptors (Lipinski definition) is 3. The summed E-state index contributed by atoms with van der Waals surface area (Å²) < 4.78 is 0.334. The molecule has 2 rings (SSSR count). The zero-order valence-corrected chi connectivity index (χ0v) is 12.4. The molecule has 2 N–H and O–H groups in total. The zero-order chi connectivity index (χ0) is 13.2. The smallest absolute Gasteiger partial charge is 0.0497 e. The fourth-order valence-electron chi connectivity index (χ4n) is 2.79. The van der Waals surface area contributed by atoms with Crippen LogP contribution >= 0.6 is 11.8 Å². The summed E-state index contributed by atoms with van der Waals surface area (Å²) in [5, 5.41) is 0. The molecule has 1 saturated heterocycles. The molecule has 1 aromatic rings. The van der Waals surface area contributed by atoms with Crippen molar-refractivity contribution in [2.75, 3.05) is 18.8 Å². The van der Waals surface area contributed by atoms with Crippen LogP contribution in [0.15, 0.2) is 30.3 Å². The molecule has 0 bridgehead atoms. The Bertz CT molecular complexity index is 375. The second kappa shape index (κ2) is 5.64. The minimum absolute atomic E-state index is 0.159. The van der Waals surface area contributed by atoms with E-state index in [1.54, 1.807) is 0 Å². The maximum absolute atomic E-state index is 6.24. The fourth-order valence-corrected chi connectivity index (χ4v) is 3.92. The van der Waals surface area contributed by atoms with Crippen molar-refractivity contribution < 1.29 is 0 Å². The summed E-state index contributed by atoms with van der Waals surface area (Å²) in [6.07, 6.45) is 0. The molecule has 1 aliphatic rings. The Balaban J connectivity index is 2.21. The van der Waals surface area contributed by atoms with Crippen molar-refractivity contribution in [3.05, 3.63) is 35.9 Å². The van der Waals surface area contributed by atoms with Gasteiger partial charge in [0, 0.05) is 35.7 Å². The van der Waals surface area contributed by atoms with Gasteiger partial charge in [-0.25, -0.2) is 0 Å². The van der Waals surface area contributed by atoms with Gasteiger partial charge in [0.05, 0.1) is 0 Å². The highest BCUT2D eigenvalue weighted by Gasteiger charge is 2.33. The summed E-state index contributed by atoms with van der Waals surface area (Å²) in [4.78, 5) is 2.55. The molecule has 0 radical (unpaired) electrons. The first-order valence-electron chi connectivity index (χ1n) is 6.68. The highest BCUT2D eigenvalue weighted by atomic mass is 32.2. The first-order valence-corrected chi connectivity index (χ1v) is 7.67. The van der Waals surface area contributed by atoms with Crippen LogP contribution in [0.2, 0.25) is 0 Å². The van der Waals surface area contributed by atoms with Gasteiger partial charge >= 0.3 is 0 Å². The summed E-state index contributed by atoms with van der Waals surface area (Å²) in [6.45, 7) is 9.01. The lowest BCUT2D eigenvalue weighted by Gasteiger charge is -2.43. The van der Waals surface area contributed by atoms with Crippen molar-refractivity contribution in [2.45, 2.75) is 37.6 Å². The maximum atomic E-state index is 6.24. The van der Waals surface area contributed by atoms with E-state index >= 15 is 0 Å². The van der Waals surface area contributed by atoms with E-state index in [1.165, 1.54) is 11.3 Å². The van der Waals surface area contributed by atoms with Gasteiger partial charge in [-0.1, -0.05) is 30.3 Å². The lowest BCUT2D eigenvalue weighted by molar-refractivity contribution is 0.168. The van der Waals surface area contributed by atoms with Crippen molar-refractivity contribution in [1.29, 1.82) is 0 Å². The van der Waals surface area contributed by atoms with E-state index in [2.05, 4.69) is 67.8 Å². The predicted molar refractivity (Wildman–Crippen MR) is 80.9 cm³/mol. The van der Waals surface area contributed by atoms with Gasteiger partial charge in [0.1, 0.15) is 0 Å². The standard InChI is InChI=1S/C15H24N2S/c1-12(16)14(13-7-5-4-6-8-13)17-9-10-18-15(2,3)11-17/h4-8,12,14H,9-11,16H2,1-3H3. The fraction of sp³-hybridized carbons (Fsp3) is 0.600. The third-order valence-electron chi connectivity index (χ3n) is 3.49. The zero-order valence-electron chi connectivity index (χ0n) is 11.6. The van der Waals surface area contributed by atoms with Crippen LogP contribution in [-0.2, 0) is 0 Å². The topological polar surface area (TPSA) is 29.3 Å². The molecule has 2 atom stereocenters. The van der Waals surface area contributed by atoms with E-state index in [-0.39, 0.29) is 6.04 Å². The van der Waals surface area contributed by atoms with Gasteiger partial charge in [-0.15, -0.1) is 0 Å². The minimum Gasteiger partial charge on any atom is -0.326 e. The average molecular weight is 264 g/mol. The van der Waals surface area contributed by atoms with E-state index in [1.807, 2.05) is 0 Å². The molecule has 0 aliphatic carbocycles. The second-order valence-electron chi connectivity index (χ2n) is 5.79. The highest BCUT2D eigenvalue weighted by molar-refractivity contribution is 8.00. The molecule has 1 heterocycles. The lowest BCUT2D eigenvalue weighted by Crippen LogP contribution is -2.49. The van der Waals surface area contributed by atoms with E-state index in [0.717, 1.165) is 13.1 Å². The van der Waals surface area contributed by atoms with Gasteiger partial charge in [0.2, 0.25) is 0 Å². The van der Waals surface area contributed by atoms with Crippen molar-refractivity contribution in [2.24, 2.45) is 5.73 Å². The maximum Gasteiger partial charge on any atom is 0.0497 e. The second-order valence-corrected chi connectivity index (χ2v) is 7.60. The van der Waals surface area contributed by atoms with Gasteiger partial charge in [-0.3, -0.25) is 4.90 Å². The van der Waals surface area contributed by atoms with Crippen LogP contribution in [0.25, 0.3) is 0 Å². The van der Waals surface area contributed by atoms with Crippen molar-refractivity contribution in [1.82, 2.24) is 4.90 Å². The Kier molecular flexibility index (Phi) is 4.36. The molecule has 2 unspecified atom stereocenters.